The van der Waals surface area contributed by atoms with Crippen molar-refractivity contribution in [1.82, 2.24) is 0 Å². The molecule has 1 atom stereocenters. The molecule has 0 saturated carbocycles. The highest BCUT2D eigenvalue weighted by molar-refractivity contribution is 5.95. The molecular weight excluding hydrogens is 318 g/mol. The Morgan fingerprint density at radius 3 is 2.28 bits per heavy atom. The lowest BCUT2D eigenvalue weighted by atomic mass is 9.99. The smallest absolute Gasteiger partial charge is 0.338 e. The first-order valence-corrected chi connectivity index (χ1v) is 8.15. The van der Waals surface area contributed by atoms with E-state index in [1.165, 1.54) is 29.8 Å². The molecule has 5 nitrogen and oxygen atoms in total. The summed E-state index contributed by atoms with van der Waals surface area (Å²) in [5, 5.41) is 2.69. The second-order valence-electron chi connectivity index (χ2n) is 5.80. The summed E-state index contributed by atoms with van der Waals surface area (Å²) in [5.74, 6) is -0.551. The van der Waals surface area contributed by atoms with E-state index in [9.17, 15) is 14.4 Å². The molecule has 0 bridgehead atoms. The molecule has 0 aliphatic heterocycles. The van der Waals surface area contributed by atoms with Crippen molar-refractivity contribution in [3.05, 3.63) is 65.2 Å². The highest BCUT2D eigenvalue weighted by atomic mass is 16.5. The van der Waals surface area contributed by atoms with Gasteiger partial charge in [0.25, 0.3) is 5.91 Å². The van der Waals surface area contributed by atoms with Crippen molar-refractivity contribution in [2.45, 2.75) is 26.2 Å². The fourth-order valence-corrected chi connectivity index (χ4v) is 2.24. The number of nitrogens with one attached hydrogen (secondary N) is 1. The van der Waals surface area contributed by atoms with Crippen LogP contribution in [0.1, 0.15) is 52.5 Å². The summed E-state index contributed by atoms with van der Waals surface area (Å²) in [6, 6.07) is 13.6. The molecule has 1 N–H and O–H groups in total. The Kier molecular flexibility index (Phi) is 6.46. The minimum atomic E-state index is -0.611. The molecule has 1 amide bonds. The normalized spacial score (nSPS) is 11.4. The molecular formula is C20H21NO4. The molecule has 25 heavy (non-hydrogen) atoms. The van der Waals surface area contributed by atoms with E-state index in [-0.39, 0.29) is 12.2 Å². The van der Waals surface area contributed by atoms with Gasteiger partial charge in [0, 0.05) is 11.3 Å². The van der Waals surface area contributed by atoms with Crippen molar-refractivity contribution in [3.63, 3.8) is 0 Å². The lowest BCUT2D eigenvalue weighted by Gasteiger charge is -2.10. The molecule has 2 rings (SSSR count). The number of hydrogen-bond donors (Lipinski definition) is 1. The first kappa shape index (κ1) is 18.4. The van der Waals surface area contributed by atoms with Crippen LogP contribution in [-0.2, 0) is 9.53 Å². The van der Waals surface area contributed by atoms with Gasteiger partial charge in [0.15, 0.2) is 6.61 Å². The zero-order chi connectivity index (χ0) is 18.2. The molecule has 2 aromatic rings. The van der Waals surface area contributed by atoms with Gasteiger partial charge in [0.05, 0.1) is 5.56 Å². The number of rotatable bonds is 7. The van der Waals surface area contributed by atoms with Gasteiger partial charge in [0.2, 0.25) is 0 Å². The summed E-state index contributed by atoms with van der Waals surface area (Å²) in [6.45, 7) is 3.90. The lowest BCUT2D eigenvalue weighted by molar-refractivity contribution is -0.119. The van der Waals surface area contributed by atoms with Crippen LogP contribution in [0, 0.1) is 0 Å². The molecule has 0 aliphatic carbocycles. The zero-order valence-corrected chi connectivity index (χ0v) is 14.3. The van der Waals surface area contributed by atoms with Crippen LogP contribution >= 0.6 is 0 Å². The molecule has 0 saturated heterocycles. The van der Waals surface area contributed by atoms with E-state index < -0.39 is 11.9 Å². The summed E-state index contributed by atoms with van der Waals surface area (Å²) >= 11 is 0. The molecule has 130 valence electrons. The van der Waals surface area contributed by atoms with E-state index in [0.29, 0.717) is 23.5 Å². The Bertz CT molecular complexity index is 735. The van der Waals surface area contributed by atoms with E-state index >= 15 is 0 Å². The van der Waals surface area contributed by atoms with Gasteiger partial charge in [-0.15, -0.1) is 0 Å². The Morgan fingerprint density at radius 1 is 1.08 bits per heavy atom. The fourth-order valence-electron chi connectivity index (χ4n) is 2.24. The van der Waals surface area contributed by atoms with Crippen molar-refractivity contribution in [2.24, 2.45) is 0 Å². The minimum Gasteiger partial charge on any atom is -0.452 e. The van der Waals surface area contributed by atoms with Crippen molar-refractivity contribution < 1.29 is 19.1 Å². The van der Waals surface area contributed by atoms with Gasteiger partial charge in [-0.25, -0.2) is 4.79 Å². The monoisotopic (exact) mass is 339 g/mol. The van der Waals surface area contributed by atoms with Crippen molar-refractivity contribution in [1.29, 1.82) is 0 Å². The number of carbonyl (C=O) groups is 3. The second-order valence-corrected chi connectivity index (χ2v) is 5.80. The molecule has 2 aromatic carbocycles. The third-order valence-electron chi connectivity index (χ3n) is 3.99. The van der Waals surface area contributed by atoms with E-state index in [2.05, 4.69) is 19.2 Å². The lowest BCUT2D eigenvalue weighted by Crippen LogP contribution is -2.20. The largest absolute Gasteiger partial charge is 0.452 e. The number of ether oxygens (including phenoxy) is 1. The molecule has 0 aliphatic rings. The van der Waals surface area contributed by atoms with Crippen molar-refractivity contribution in [2.75, 3.05) is 11.9 Å². The van der Waals surface area contributed by atoms with E-state index in [4.69, 9.17) is 4.74 Å². The average Bonchev–Trinajstić information content (AvgIpc) is 2.66. The predicted molar refractivity (Wildman–Crippen MR) is 95.9 cm³/mol. The maximum atomic E-state index is 11.9. The maximum Gasteiger partial charge on any atom is 0.338 e. The van der Waals surface area contributed by atoms with Crippen LogP contribution in [0.5, 0.6) is 0 Å². The van der Waals surface area contributed by atoms with Crippen molar-refractivity contribution >= 4 is 23.9 Å². The van der Waals surface area contributed by atoms with E-state index in [0.717, 1.165) is 6.42 Å². The molecule has 0 aromatic heterocycles. The molecule has 5 heteroatoms. The summed E-state index contributed by atoms with van der Waals surface area (Å²) in [7, 11) is 0. The van der Waals surface area contributed by atoms with Gasteiger partial charge in [-0.05, 0) is 42.2 Å². The number of aldehydes is 1. The molecule has 0 heterocycles. The number of carbonyl (C=O) groups excluding carboxylic acids is 3. The first-order valence-electron chi connectivity index (χ1n) is 8.15. The van der Waals surface area contributed by atoms with Crippen LogP contribution in [0.25, 0.3) is 0 Å². The number of anilines is 1. The van der Waals surface area contributed by atoms with Crippen LogP contribution in [0.2, 0.25) is 0 Å². The van der Waals surface area contributed by atoms with Crippen LogP contribution in [-0.4, -0.2) is 24.8 Å². The number of amides is 1. The predicted octanol–water partition coefficient (Wildman–Crippen LogP) is 3.81. The van der Waals surface area contributed by atoms with E-state index in [1.54, 1.807) is 0 Å². The minimum absolute atomic E-state index is 0.288. The zero-order valence-electron chi connectivity index (χ0n) is 14.3. The molecule has 0 radical (unpaired) electrons. The average molecular weight is 339 g/mol. The second kappa shape index (κ2) is 8.78. The number of hydrogen-bond acceptors (Lipinski definition) is 4. The topological polar surface area (TPSA) is 72.5 Å². The van der Waals surface area contributed by atoms with Crippen LogP contribution in [0.4, 0.5) is 5.69 Å². The standard InChI is InChI=1S/C20H21NO4/c1-3-14(2)16-8-10-18(11-9-16)21-19(23)13-25-20(24)17-6-4-15(12-22)5-7-17/h4-12,14H,3,13H2,1-2H3,(H,21,23)/t14-/m1/s1. The highest BCUT2D eigenvalue weighted by Gasteiger charge is 2.11. The van der Waals surface area contributed by atoms with Gasteiger partial charge in [0.1, 0.15) is 6.29 Å². The Labute approximate surface area is 147 Å². The SMILES string of the molecule is CC[C@@H](C)c1ccc(NC(=O)COC(=O)c2ccc(C=O)cc2)cc1. The summed E-state index contributed by atoms with van der Waals surface area (Å²) in [4.78, 5) is 34.3. The molecule has 0 unspecified atom stereocenters. The Morgan fingerprint density at radius 2 is 1.72 bits per heavy atom. The van der Waals surface area contributed by atoms with E-state index in [1.807, 2.05) is 24.3 Å². The van der Waals surface area contributed by atoms with Gasteiger partial charge in [-0.2, -0.15) is 0 Å². The Hall–Kier alpha value is -2.95. The summed E-state index contributed by atoms with van der Waals surface area (Å²) < 4.78 is 4.98. The summed E-state index contributed by atoms with van der Waals surface area (Å²) in [5.41, 5.74) is 2.63. The number of esters is 1. The third kappa shape index (κ3) is 5.28. The van der Waals surface area contributed by atoms with Gasteiger partial charge in [-0.3, -0.25) is 9.59 Å². The highest BCUT2D eigenvalue weighted by Crippen LogP contribution is 2.20. The molecule has 0 fully saturated rings. The summed E-state index contributed by atoms with van der Waals surface area (Å²) in [6.07, 6.45) is 1.74. The first-order chi connectivity index (χ1) is 12.0. The van der Waals surface area contributed by atoms with Crippen LogP contribution in [0.3, 0.4) is 0 Å². The quantitative estimate of drug-likeness (QED) is 0.615. The van der Waals surface area contributed by atoms with Gasteiger partial charge < -0.3 is 10.1 Å². The third-order valence-corrected chi connectivity index (χ3v) is 3.99. The van der Waals surface area contributed by atoms with Gasteiger partial charge >= 0.3 is 5.97 Å². The maximum absolute atomic E-state index is 11.9. The number of benzene rings is 2. The Balaban J connectivity index is 1.85. The fraction of sp³-hybridized carbons (Fsp3) is 0.250. The van der Waals surface area contributed by atoms with Crippen LogP contribution < -0.4 is 5.32 Å². The molecule has 0 spiro atoms. The van der Waals surface area contributed by atoms with Gasteiger partial charge in [-0.1, -0.05) is 38.1 Å². The van der Waals surface area contributed by atoms with Crippen LogP contribution in [0.15, 0.2) is 48.5 Å². The van der Waals surface area contributed by atoms with Crippen molar-refractivity contribution in [3.8, 4) is 0 Å².